The van der Waals surface area contributed by atoms with Gasteiger partial charge in [0.05, 0.1) is 17.6 Å². The number of pyridine rings is 1. The molecule has 0 fully saturated rings. The molecule has 0 aliphatic carbocycles. The van der Waals surface area contributed by atoms with Crippen molar-refractivity contribution in [1.82, 2.24) is 4.98 Å². The first kappa shape index (κ1) is 11.5. The van der Waals surface area contributed by atoms with Gasteiger partial charge in [-0.05, 0) is 25.0 Å². The van der Waals surface area contributed by atoms with E-state index in [0.29, 0.717) is 5.69 Å². The Hall–Kier alpha value is -2.03. The molecule has 2 rings (SSSR count). The van der Waals surface area contributed by atoms with Crippen molar-refractivity contribution in [2.75, 3.05) is 17.6 Å². The first-order valence-corrected chi connectivity index (χ1v) is 5.74. The molecule has 0 saturated carbocycles. The van der Waals surface area contributed by atoms with Gasteiger partial charge in [-0.25, -0.2) is 0 Å². The Labute approximate surface area is 102 Å². The molecule has 88 valence electrons. The van der Waals surface area contributed by atoms with Crippen LogP contribution in [0.3, 0.4) is 0 Å². The number of aromatic nitrogens is 1. The number of nitrogens with one attached hydrogen (secondary N) is 1. The molecule has 0 aliphatic heterocycles. The number of nitrogens with two attached hydrogens (primary N) is 1. The predicted octanol–water partition coefficient (Wildman–Crippen LogP) is 2.63. The summed E-state index contributed by atoms with van der Waals surface area (Å²) in [5.41, 5.74) is 10.1. The fourth-order valence-electron chi connectivity index (χ4n) is 1.78. The standard InChI is InChI=1S/C14H17N3/c1-11-3-2-4-12(9-11)5-8-17-14-6-7-16-10-13(14)15/h2-4,6-7,9-10H,5,8,15H2,1H3,(H,16,17). The molecule has 17 heavy (non-hydrogen) atoms. The van der Waals surface area contributed by atoms with Crippen molar-refractivity contribution < 1.29 is 0 Å². The first-order chi connectivity index (χ1) is 8.25. The molecule has 0 spiro atoms. The summed E-state index contributed by atoms with van der Waals surface area (Å²) in [5.74, 6) is 0. The van der Waals surface area contributed by atoms with Crippen molar-refractivity contribution in [3.63, 3.8) is 0 Å². The van der Waals surface area contributed by atoms with Crippen molar-refractivity contribution >= 4 is 11.4 Å². The number of rotatable bonds is 4. The minimum absolute atomic E-state index is 0.691. The molecule has 3 nitrogen and oxygen atoms in total. The molecule has 3 heteroatoms. The molecule has 1 heterocycles. The first-order valence-electron chi connectivity index (χ1n) is 5.74. The smallest absolute Gasteiger partial charge is 0.0736 e. The highest BCUT2D eigenvalue weighted by molar-refractivity contribution is 5.64. The molecular formula is C14H17N3. The third-order valence-electron chi connectivity index (χ3n) is 2.66. The van der Waals surface area contributed by atoms with E-state index in [4.69, 9.17) is 5.73 Å². The highest BCUT2D eigenvalue weighted by atomic mass is 14.9. The second kappa shape index (κ2) is 5.34. The van der Waals surface area contributed by atoms with Gasteiger partial charge in [-0.1, -0.05) is 29.8 Å². The molecule has 0 radical (unpaired) electrons. The number of nitrogen functional groups attached to an aromatic ring is 1. The Bertz CT molecular complexity index is 494. The summed E-state index contributed by atoms with van der Waals surface area (Å²) >= 11 is 0. The Morgan fingerprint density at radius 2 is 2.18 bits per heavy atom. The fourth-order valence-corrected chi connectivity index (χ4v) is 1.78. The normalized spacial score (nSPS) is 10.2. The summed E-state index contributed by atoms with van der Waals surface area (Å²) in [6.07, 6.45) is 4.39. The zero-order chi connectivity index (χ0) is 12.1. The van der Waals surface area contributed by atoms with Crippen LogP contribution in [0.25, 0.3) is 0 Å². The SMILES string of the molecule is Cc1cccc(CCNc2ccncc2N)c1. The summed E-state index contributed by atoms with van der Waals surface area (Å²) in [6, 6.07) is 10.4. The van der Waals surface area contributed by atoms with Gasteiger partial charge >= 0.3 is 0 Å². The molecule has 0 aliphatic rings. The number of hydrogen-bond donors (Lipinski definition) is 2. The Balaban J connectivity index is 1.90. The van der Waals surface area contributed by atoms with Gasteiger partial charge in [-0.15, -0.1) is 0 Å². The molecule has 3 N–H and O–H groups in total. The van der Waals surface area contributed by atoms with Gasteiger partial charge in [0.15, 0.2) is 0 Å². The second-order valence-electron chi connectivity index (χ2n) is 4.13. The summed E-state index contributed by atoms with van der Waals surface area (Å²) in [7, 11) is 0. The van der Waals surface area contributed by atoms with Crippen LogP contribution in [0, 0.1) is 6.92 Å². The summed E-state index contributed by atoms with van der Waals surface area (Å²) < 4.78 is 0. The molecule has 0 saturated heterocycles. The zero-order valence-corrected chi connectivity index (χ0v) is 9.98. The highest BCUT2D eigenvalue weighted by Gasteiger charge is 1.97. The van der Waals surface area contributed by atoms with Crippen LogP contribution in [0.4, 0.5) is 11.4 Å². The molecule has 0 bridgehead atoms. The average Bonchev–Trinajstić information content (AvgIpc) is 2.32. The number of aryl methyl sites for hydroxylation is 1. The van der Waals surface area contributed by atoms with Crippen LogP contribution >= 0.6 is 0 Å². The van der Waals surface area contributed by atoms with Crippen molar-refractivity contribution in [3.8, 4) is 0 Å². The van der Waals surface area contributed by atoms with Crippen molar-refractivity contribution in [2.24, 2.45) is 0 Å². The van der Waals surface area contributed by atoms with E-state index in [9.17, 15) is 0 Å². The monoisotopic (exact) mass is 227 g/mol. The van der Waals surface area contributed by atoms with E-state index in [1.54, 1.807) is 12.4 Å². The molecule has 0 unspecified atom stereocenters. The lowest BCUT2D eigenvalue weighted by Gasteiger charge is -2.08. The van der Waals surface area contributed by atoms with Crippen LogP contribution in [0.2, 0.25) is 0 Å². The van der Waals surface area contributed by atoms with Gasteiger partial charge in [0, 0.05) is 12.7 Å². The van der Waals surface area contributed by atoms with Crippen molar-refractivity contribution in [2.45, 2.75) is 13.3 Å². The van der Waals surface area contributed by atoms with Crippen LogP contribution in [-0.2, 0) is 6.42 Å². The van der Waals surface area contributed by atoms with Crippen LogP contribution in [0.5, 0.6) is 0 Å². The number of anilines is 2. The lowest BCUT2D eigenvalue weighted by molar-refractivity contribution is 1.02. The van der Waals surface area contributed by atoms with E-state index < -0.39 is 0 Å². The zero-order valence-electron chi connectivity index (χ0n) is 9.98. The van der Waals surface area contributed by atoms with Crippen LogP contribution < -0.4 is 11.1 Å². The molecule has 1 aromatic carbocycles. The van der Waals surface area contributed by atoms with Crippen LogP contribution in [0.15, 0.2) is 42.7 Å². The Morgan fingerprint density at radius 3 is 2.94 bits per heavy atom. The number of hydrogen-bond acceptors (Lipinski definition) is 3. The maximum atomic E-state index is 5.80. The van der Waals surface area contributed by atoms with E-state index in [2.05, 4.69) is 41.5 Å². The maximum Gasteiger partial charge on any atom is 0.0736 e. The van der Waals surface area contributed by atoms with E-state index in [1.165, 1.54) is 11.1 Å². The topological polar surface area (TPSA) is 50.9 Å². The number of nitrogens with zero attached hydrogens (tertiary/aromatic N) is 1. The lowest BCUT2D eigenvalue weighted by atomic mass is 10.1. The van der Waals surface area contributed by atoms with E-state index >= 15 is 0 Å². The lowest BCUT2D eigenvalue weighted by Crippen LogP contribution is -2.07. The van der Waals surface area contributed by atoms with E-state index in [0.717, 1.165) is 18.7 Å². The molecular weight excluding hydrogens is 210 g/mol. The third-order valence-corrected chi connectivity index (χ3v) is 2.66. The van der Waals surface area contributed by atoms with Crippen LogP contribution in [-0.4, -0.2) is 11.5 Å². The van der Waals surface area contributed by atoms with Gasteiger partial charge in [-0.2, -0.15) is 0 Å². The summed E-state index contributed by atoms with van der Waals surface area (Å²) in [6.45, 7) is 2.98. The van der Waals surface area contributed by atoms with Crippen molar-refractivity contribution in [1.29, 1.82) is 0 Å². The van der Waals surface area contributed by atoms with Gasteiger partial charge < -0.3 is 11.1 Å². The van der Waals surface area contributed by atoms with Crippen LogP contribution in [0.1, 0.15) is 11.1 Å². The Kier molecular flexibility index (Phi) is 3.60. The molecule has 0 amide bonds. The minimum Gasteiger partial charge on any atom is -0.396 e. The average molecular weight is 227 g/mol. The van der Waals surface area contributed by atoms with E-state index in [-0.39, 0.29) is 0 Å². The Morgan fingerprint density at radius 1 is 1.29 bits per heavy atom. The van der Waals surface area contributed by atoms with Gasteiger partial charge in [0.1, 0.15) is 0 Å². The van der Waals surface area contributed by atoms with Crippen molar-refractivity contribution in [3.05, 3.63) is 53.9 Å². The molecule has 1 aromatic heterocycles. The molecule has 0 atom stereocenters. The van der Waals surface area contributed by atoms with Gasteiger partial charge in [-0.3, -0.25) is 4.98 Å². The minimum atomic E-state index is 0.691. The van der Waals surface area contributed by atoms with E-state index in [1.807, 2.05) is 6.07 Å². The van der Waals surface area contributed by atoms with Gasteiger partial charge in [0.25, 0.3) is 0 Å². The molecule has 2 aromatic rings. The third kappa shape index (κ3) is 3.21. The predicted molar refractivity (Wildman–Crippen MR) is 72.0 cm³/mol. The second-order valence-corrected chi connectivity index (χ2v) is 4.13. The quantitative estimate of drug-likeness (QED) is 0.844. The fraction of sp³-hybridized carbons (Fsp3) is 0.214. The maximum absolute atomic E-state index is 5.80. The number of benzene rings is 1. The summed E-state index contributed by atoms with van der Waals surface area (Å²) in [4.78, 5) is 3.96. The van der Waals surface area contributed by atoms with Gasteiger partial charge in [0.2, 0.25) is 0 Å². The summed E-state index contributed by atoms with van der Waals surface area (Å²) in [5, 5.41) is 3.32. The highest BCUT2D eigenvalue weighted by Crippen LogP contribution is 2.15. The largest absolute Gasteiger partial charge is 0.396 e.